The van der Waals surface area contributed by atoms with Gasteiger partial charge in [-0.15, -0.1) is 0 Å². The molecular formula is C16H21NO4. The monoisotopic (exact) mass is 291 g/mol. The highest BCUT2D eigenvalue weighted by atomic mass is 16.5. The molecule has 0 amide bonds. The minimum absolute atomic E-state index is 0.264. The van der Waals surface area contributed by atoms with Crippen LogP contribution in [0.2, 0.25) is 0 Å². The maximum atomic E-state index is 12.1. The van der Waals surface area contributed by atoms with E-state index in [-0.39, 0.29) is 24.0 Å². The average molecular weight is 291 g/mol. The van der Waals surface area contributed by atoms with Crippen LogP contribution in [0.4, 0.5) is 0 Å². The van der Waals surface area contributed by atoms with Gasteiger partial charge in [-0.2, -0.15) is 0 Å². The predicted molar refractivity (Wildman–Crippen MR) is 77.4 cm³/mol. The van der Waals surface area contributed by atoms with E-state index in [1.165, 1.54) is 7.11 Å². The summed E-state index contributed by atoms with van der Waals surface area (Å²) in [5.41, 5.74) is 1.06. The minimum Gasteiger partial charge on any atom is -0.468 e. The van der Waals surface area contributed by atoms with E-state index in [1.54, 1.807) is 6.92 Å². The maximum Gasteiger partial charge on any atom is 0.323 e. The zero-order chi connectivity index (χ0) is 15.2. The van der Waals surface area contributed by atoms with Crippen LogP contribution in [-0.2, 0) is 25.6 Å². The van der Waals surface area contributed by atoms with Gasteiger partial charge in [0.25, 0.3) is 0 Å². The van der Waals surface area contributed by atoms with E-state index >= 15 is 0 Å². The van der Waals surface area contributed by atoms with Crippen molar-refractivity contribution in [2.45, 2.75) is 38.4 Å². The third-order valence-electron chi connectivity index (χ3n) is 3.75. The molecular weight excluding hydrogens is 270 g/mol. The molecule has 1 heterocycles. The van der Waals surface area contributed by atoms with Crippen LogP contribution in [0.3, 0.4) is 0 Å². The van der Waals surface area contributed by atoms with Gasteiger partial charge in [-0.25, -0.2) is 0 Å². The van der Waals surface area contributed by atoms with Crippen molar-refractivity contribution < 1.29 is 19.1 Å². The van der Waals surface area contributed by atoms with Gasteiger partial charge in [0, 0.05) is 6.54 Å². The molecule has 0 spiro atoms. The number of carbonyl (C=O) groups excluding carboxylic acids is 2. The molecule has 1 aliphatic rings. The second-order valence-corrected chi connectivity index (χ2v) is 5.04. The number of nitrogens with zero attached hydrogens (tertiary/aromatic N) is 1. The summed E-state index contributed by atoms with van der Waals surface area (Å²) in [5.74, 6) is -0.558. The quantitative estimate of drug-likeness (QED) is 0.774. The van der Waals surface area contributed by atoms with Crippen LogP contribution >= 0.6 is 0 Å². The van der Waals surface area contributed by atoms with Crippen LogP contribution in [0.1, 0.15) is 25.3 Å². The molecule has 1 fully saturated rings. The Morgan fingerprint density at radius 3 is 2.33 bits per heavy atom. The molecule has 114 valence electrons. The standard InChI is InChI=1S/C16H21NO4/c1-3-21-16(19)14-10-9-13(15(18)20-2)17(14)11-12-7-5-4-6-8-12/h4-8,13-14H,3,9-11H2,1-2H3. The third-order valence-corrected chi connectivity index (χ3v) is 3.75. The van der Waals surface area contributed by atoms with Gasteiger partial charge >= 0.3 is 11.9 Å². The molecule has 2 rings (SSSR count). The first kappa shape index (κ1) is 15.5. The molecule has 1 saturated heterocycles. The fraction of sp³-hybridized carbons (Fsp3) is 0.500. The average Bonchev–Trinajstić information content (AvgIpc) is 2.91. The normalized spacial score (nSPS) is 22.0. The molecule has 0 aromatic heterocycles. The zero-order valence-electron chi connectivity index (χ0n) is 12.5. The fourth-order valence-corrected chi connectivity index (χ4v) is 2.76. The number of benzene rings is 1. The summed E-state index contributed by atoms with van der Waals surface area (Å²) in [6, 6.07) is 9.02. The van der Waals surface area contributed by atoms with Crippen molar-refractivity contribution in [2.75, 3.05) is 13.7 Å². The molecule has 0 radical (unpaired) electrons. The number of likely N-dealkylation sites (tertiary alicyclic amines) is 1. The first-order chi connectivity index (χ1) is 10.2. The lowest BCUT2D eigenvalue weighted by atomic mass is 10.2. The Morgan fingerprint density at radius 1 is 1.14 bits per heavy atom. The number of carbonyl (C=O) groups is 2. The fourth-order valence-electron chi connectivity index (χ4n) is 2.76. The highest BCUT2D eigenvalue weighted by Gasteiger charge is 2.42. The summed E-state index contributed by atoms with van der Waals surface area (Å²) >= 11 is 0. The number of hydrogen-bond donors (Lipinski definition) is 0. The molecule has 0 aliphatic carbocycles. The van der Waals surface area contributed by atoms with Crippen molar-refractivity contribution in [2.24, 2.45) is 0 Å². The Morgan fingerprint density at radius 2 is 1.76 bits per heavy atom. The molecule has 0 saturated carbocycles. The molecule has 0 N–H and O–H groups in total. The summed E-state index contributed by atoms with van der Waals surface area (Å²) in [7, 11) is 1.38. The Bertz CT molecular complexity index is 488. The first-order valence-electron chi connectivity index (χ1n) is 7.21. The Hall–Kier alpha value is -1.88. The van der Waals surface area contributed by atoms with Crippen LogP contribution in [-0.4, -0.2) is 42.6 Å². The minimum atomic E-state index is -0.385. The van der Waals surface area contributed by atoms with Gasteiger partial charge in [0.2, 0.25) is 0 Å². The lowest BCUT2D eigenvalue weighted by molar-refractivity contribution is -0.152. The molecule has 1 aromatic rings. The SMILES string of the molecule is CCOC(=O)C1CCC(C(=O)OC)N1Cc1ccccc1. The van der Waals surface area contributed by atoms with Gasteiger partial charge < -0.3 is 9.47 Å². The molecule has 21 heavy (non-hydrogen) atoms. The number of hydrogen-bond acceptors (Lipinski definition) is 5. The highest BCUT2D eigenvalue weighted by Crippen LogP contribution is 2.28. The Balaban J connectivity index is 2.18. The molecule has 5 nitrogen and oxygen atoms in total. The molecule has 5 heteroatoms. The summed E-state index contributed by atoms with van der Waals surface area (Å²) in [6.07, 6.45) is 1.23. The number of methoxy groups -OCH3 is 1. The van der Waals surface area contributed by atoms with Gasteiger partial charge in [-0.1, -0.05) is 30.3 Å². The van der Waals surface area contributed by atoms with Crippen molar-refractivity contribution in [3.63, 3.8) is 0 Å². The first-order valence-corrected chi connectivity index (χ1v) is 7.21. The molecule has 0 bridgehead atoms. The van der Waals surface area contributed by atoms with Gasteiger partial charge in [-0.3, -0.25) is 14.5 Å². The van der Waals surface area contributed by atoms with E-state index in [0.29, 0.717) is 26.0 Å². The van der Waals surface area contributed by atoms with Crippen LogP contribution < -0.4 is 0 Å². The van der Waals surface area contributed by atoms with E-state index in [0.717, 1.165) is 5.56 Å². The maximum absolute atomic E-state index is 12.1. The van der Waals surface area contributed by atoms with E-state index in [1.807, 2.05) is 35.2 Å². The smallest absolute Gasteiger partial charge is 0.323 e. The molecule has 1 aliphatic heterocycles. The van der Waals surface area contributed by atoms with E-state index in [4.69, 9.17) is 9.47 Å². The van der Waals surface area contributed by atoms with Gasteiger partial charge in [-0.05, 0) is 25.3 Å². The van der Waals surface area contributed by atoms with Crippen molar-refractivity contribution in [1.82, 2.24) is 4.90 Å². The van der Waals surface area contributed by atoms with E-state index < -0.39 is 0 Å². The number of ether oxygens (including phenoxy) is 2. The van der Waals surface area contributed by atoms with Crippen LogP contribution in [0.25, 0.3) is 0 Å². The number of rotatable bonds is 5. The molecule has 1 aromatic carbocycles. The second kappa shape index (κ2) is 7.22. The lowest BCUT2D eigenvalue weighted by Gasteiger charge is -2.27. The van der Waals surface area contributed by atoms with Crippen molar-refractivity contribution in [3.05, 3.63) is 35.9 Å². The van der Waals surface area contributed by atoms with Crippen LogP contribution in [0.15, 0.2) is 30.3 Å². The highest BCUT2D eigenvalue weighted by molar-refractivity contribution is 5.81. The number of esters is 2. The van der Waals surface area contributed by atoms with Crippen molar-refractivity contribution >= 4 is 11.9 Å². The Kier molecular flexibility index (Phi) is 5.33. The summed E-state index contributed by atoms with van der Waals surface area (Å²) in [4.78, 5) is 25.9. The zero-order valence-corrected chi connectivity index (χ0v) is 12.5. The second-order valence-electron chi connectivity index (χ2n) is 5.04. The predicted octanol–water partition coefficient (Wildman–Crippen LogP) is 1.76. The largest absolute Gasteiger partial charge is 0.468 e. The van der Waals surface area contributed by atoms with E-state index in [9.17, 15) is 9.59 Å². The molecule has 2 atom stereocenters. The van der Waals surface area contributed by atoms with Crippen molar-refractivity contribution in [1.29, 1.82) is 0 Å². The third kappa shape index (κ3) is 3.61. The lowest BCUT2D eigenvalue weighted by Crippen LogP contribution is -2.44. The van der Waals surface area contributed by atoms with Gasteiger partial charge in [0.05, 0.1) is 13.7 Å². The summed E-state index contributed by atoms with van der Waals surface area (Å²) < 4.78 is 9.98. The topological polar surface area (TPSA) is 55.8 Å². The van der Waals surface area contributed by atoms with E-state index in [2.05, 4.69) is 0 Å². The van der Waals surface area contributed by atoms with Gasteiger partial charge in [0.15, 0.2) is 0 Å². The summed E-state index contributed by atoms with van der Waals surface area (Å²) in [5, 5.41) is 0. The van der Waals surface area contributed by atoms with Crippen molar-refractivity contribution in [3.8, 4) is 0 Å². The Labute approximate surface area is 124 Å². The van der Waals surface area contributed by atoms with Crippen LogP contribution in [0.5, 0.6) is 0 Å². The summed E-state index contributed by atoms with van der Waals surface area (Å²) in [6.45, 7) is 2.66. The molecule has 2 unspecified atom stereocenters. The van der Waals surface area contributed by atoms with Crippen LogP contribution in [0, 0.1) is 0 Å². The van der Waals surface area contributed by atoms with Gasteiger partial charge in [0.1, 0.15) is 12.1 Å².